The molecule has 1 rings (SSSR count). The van der Waals surface area contributed by atoms with E-state index in [4.69, 9.17) is 10.00 Å². The third-order valence-electron chi connectivity index (χ3n) is 2.03. The number of hydrogen-bond donors (Lipinski definition) is 0. The number of hydrogen-bond acceptors (Lipinski definition) is 3. The highest BCUT2D eigenvalue weighted by Gasteiger charge is 2.10. The predicted octanol–water partition coefficient (Wildman–Crippen LogP) is 3.10. The van der Waals surface area contributed by atoms with Crippen LogP contribution < -0.4 is 0 Å². The minimum Gasteiger partial charge on any atom is -0.459 e. The molecule has 0 aliphatic rings. The van der Waals surface area contributed by atoms with Crippen molar-refractivity contribution in [1.82, 2.24) is 0 Å². The number of nitriles is 1. The van der Waals surface area contributed by atoms with Crippen LogP contribution in [0.4, 0.5) is 0 Å². The van der Waals surface area contributed by atoms with Crippen LogP contribution in [0.15, 0.2) is 48.1 Å². The highest BCUT2D eigenvalue weighted by Crippen LogP contribution is 2.04. The van der Waals surface area contributed by atoms with Crippen LogP contribution in [-0.4, -0.2) is 12.1 Å². The Morgan fingerprint density at radius 1 is 1.33 bits per heavy atom. The quantitative estimate of drug-likeness (QED) is 0.352. The molecule has 0 aliphatic heterocycles. The summed E-state index contributed by atoms with van der Waals surface area (Å²) in [6, 6.07) is 11.5. The Balaban J connectivity index is 2.72. The van der Waals surface area contributed by atoms with E-state index in [0.29, 0.717) is 0 Å². The van der Waals surface area contributed by atoms with Gasteiger partial charge in [-0.3, -0.25) is 0 Å². The Kier molecular flexibility index (Phi) is 5.40. The lowest BCUT2D eigenvalue weighted by Gasteiger charge is -2.05. The molecule has 0 radical (unpaired) electrons. The second kappa shape index (κ2) is 7.08. The smallest absolute Gasteiger partial charge is 0.349 e. The number of allylic oxidation sites excluding steroid dienone is 2. The van der Waals surface area contributed by atoms with Crippen molar-refractivity contribution in [2.75, 3.05) is 0 Å². The number of nitrogens with zero attached hydrogens (tertiary/aromatic N) is 1. The van der Waals surface area contributed by atoms with Crippen molar-refractivity contribution in [2.45, 2.75) is 20.0 Å². The lowest BCUT2D eigenvalue weighted by Crippen LogP contribution is -2.12. The molecule has 0 spiro atoms. The molecule has 0 heterocycles. The highest BCUT2D eigenvalue weighted by molar-refractivity contribution is 5.93. The Bertz CT molecular complexity index is 493. The average molecular weight is 241 g/mol. The largest absolute Gasteiger partial charge is 0.459 e. The van der Waals surface area contributed by atoms with E-state index in [-0.39, 0.29) is 11.7 Å². The van der Waals surface area contributed by atoms with Gasteiger partial charge in [0.05, 0.1) is 6.10 Å². The molecule has 0 saturated heterocycles. The molecule has 0 aromatic heterocycles. The molecule has 3 heteroatoms. The summed E-state index contributed by atoms with van der Waals surface area (Å²) in [6.45, 7) is 3.49. The first-order valence-electron chi connectivity index (χ1n) is 5.68. The van der Waals surface area contributed by atoms with E-state index in [2.05, 4.69) is 0 Å². The summed E-state index contributed by atoms with van der Waals surface area (Å²) in [7, 11) is 0. The maximum absolute atomic E-state index is 11.5. The Labute approximate surface area is 107 Å². The molecular weight excluding hydrogens is 226 g/mol. The van der Waals surface area contributed by atoms with Gasteiger partial charge in [0.15, 0.2) is 0 Å². The van der Waals surface area contributed by atoms with Gasteiger partial charge in [-0.15, -0.1) is 0 Å². The molecule has 0 fully saturated rings. The molecule has 3 nitrogen and oxygen atoms in total. The minimum absolute atomic E-state index is 0.00381. The standard InChI is InChI=1S/C15H15NO2/c1-12(2)18-15(17)14(11-16)10-6-9-13-7-4-3-5-8-13/h3-10,12H,1-2H3/b9-6+,14-10-. The fourth-order valence-corrected chi connectivity index (χ4v) is 1.25. The molecule has 0 aliphatic carbocycles. The summed E-state index contributed by atoms with van der Waals surface area (Å²) in [6.07, 6.45) is 4.71. The van der Waals surface area contributed by atoms with E-state index in [9.17, 15) is 4.79 Å². The summed E-state index contributed by atoms with van der Waals surface area (Å²) in [5, 5.41) is 8.85. The number of ether oxygens (including phenoxy) is 1. The van der Waals surface area contributed by atoms with Crippen LogP contribution in [0.25, 0.3) is 6.08 Å². The van der Waals surface area contributed by atoms with Crippen LogP contribution in [0.2, 0.25) is 0 Å². The number of carbonyl (C=O) groups excluding carboxylic acids is 1. The van der Waals surface area contributed by atoms with Crippen LogP contribution in [0.5, 0.6) is 0 Å². The Morgan fingerprint density at radius 3 is 2.56 bits per heavy atom. The van der Waals surface area contributed by atoms with Crippen molar-refractivity contribution in [3.8, 4) is 6.07 Å². The zero-order valence-corrected chi connectivity index (χ0v) is 10.5. The van der Waals surface area contributed by atoms with Crippen LogP contribution in [-0.2, 0) is 9.53 Å². The summed E-state index contributed by atoms with van der Waals surface area (Å²) in [4.78, 5) is 11.5. The average Bonchev–Trinajstić information content (AvgIpc) is 2.35. The maximum Gasteiger partial charge on any atom is 0.349 e. The molecule has 0 N–H and O–H groups in total. The monoisotopic (exact) mass is 241 g/mol. The maximum atomic E-state index is 11.5. The first-order chi connectivity index (χ1) is 8.63. The minimum atomic E-state index is -0.592. The zero-order valence-electron chi connectivity index (χ0n) is 10.5. The molecule has 18 heavy (non-hydrogen) atoms. The van der Waals surface area contributed by atoms with E-state index in [1.807, 2.05) is 42.5 Å². The number of carbonyl (C=O) groups is 1. The van der Waals surface area contributed by atoms with Gasteiger partial charge in [-0.2, -0.15) is 5.26 Å². The van der Waals surface area contributed by atoms with Gasteiger partial charge >= 0.3 is 5.97 Å². The van der Waals surface area contributed by atoms with Gasteiger partial charge in [0.1, 0.15) is 11.6 Å². The topological polar surface area (TPSA) is 50.1 Å². The normalized spacial score (nSPS) is 11.6. The van der Waals surface area contributed by atoms with Crippen molar-refractivity contribution in [1.29, 1.82) is 5.26 Å². The van der Waals surface area contributed by atoms with Crippen LogP contribution >= 0.6 is 0 Å². The van der Waals surface area contributed by atoms with Gasteiger partial charge in [-0.05, 0) is 25.5 Å². The van der Waals surface area contributed by atoms with Crippen LogP contribution in [0.1, 0.15) is 19.4 Å². The number of rotatable bonds is 4. The summed E-state index contributed by atoms with van der Waals surface area (Å²) in [5.74, 6) is -0.592. The van der Waals surface area contributed by atoms with Gasteiger partial charge in [-0.25, -0.2) is 4.79 Å². The van der Waals surface area contributed by atoms with Gasteiger partial charge in [0.25, 0.3) is 0 Å². The van der Waals surface area contributed by atoms with Gasteiger partial charge < -0.3 is 4.74 Å². The first kappa shape index (κ1) is 13.7. The van der Waals surface area contributed by atoms with E-state index < -0.39 is 5.97 Å². The molecule has 92 valence electrons. The summed E-state index contributed by atoms with van der Waals surface area (Å²) in [5.41, 5.74) is 0.999. The SMILES string of the molecule is CC(C)OC(=O)/C(C#N)=C\C=C\c1ccccc1. The third-order valence-corrected chi connectivity index (χ3v) is 2.03. The van der Waals surface area contributed by atoms with E-state index in [1.54, 1.807) is 19.9 Å². The molecule has 0 atom stereocenters. The fraction of sp³-hybridized carbons (Fsp3) is 0.200. The van der Waals surface area contributed by atoms with Gasteiger partial charge in [0.2, 0.25) is 0 Å². The van der Waals surface area contributed by atoms with Crippen molar-refractivity contribution in [3.63, 3.8) is 0 Å². The summed E-state index contributed by atoms with van der Waals surface area (Å²) < 4.78 is 4.94. The number of esters is 1. The van der Waals surface area contributed by atoms with Gasteiger partial charge in [-0.1, -0.05) is 42.5 Å². The van der Waals surface area contributed by atoms with Crippen molar-refractivity contribution in [2.24, 2.45) is 0 Å². The third kappa shape index (κ3) is 4.67. The first-order valence-corrected chi connectivity index (χ1v) is 5.68. The molecule has 0 bridgehead atoms. The van der Waals surface area contributed by atoms with Crippen LogP contribution in [0.3, 0.4) is 0 Å². The van der Waals surface area contributed by atoms with Crippen LogP contribution in [0, 0.1) is 11.3 Å². The molecule has 1 aromatic carbocycles. The molecule has 0 saturated carbocycles. The van der Waals surface area contributed by atoms with Crippen molar-refractivity contribution >= 4 is 12.0 Å². The Morgan fingerprint density at radius 2 is 2.00 bits per heavy atom. The molecule has 0 amide bonds. The fourth-order valence-electron chi connectivity index (χ4n) is 1.25. The predicted molar refractivity (Wildman–Crippen MR) is 70.4 cm³/mol. The van der Waals surface area contributed by atoms with E-state index in [0.717, 1.165) is 5.56 Å². The zero-order chi connectivity index (χ0) is 13.4. The lowest BCUT2D eigenvalue weighted by atomic mass is 10.2. The van der Waals surface area contributed by atoms with Crippen molar-refractivity contribution in [3.05, 3.63) is 53.6 Å². The second-order valence-electron chi connectivity index (χ2n) is 3.92. The second-order valence-corrected chi connectivity index (χ2v) is 3.92. The number of benzene rings is 1. The Hall–Kier alpha value is -2.34. The highest BCUT2D eigenvalue weighted by atomic mass is 16.5. The summed E-state index contributed by atoms with van der Waals surface area (Å²) >= 11 is 0. The van der Waals surface area contributed by atoms with E-state index in [1.165, 1.54) is 6.08 Å². The van der Waals surface area contributed by atoms with Crippen molar-refractivity contribution < 1.29 is 9.53 Å². The lowest BCUT2D eigenvalue weighted by molar-refractivity contribution is -0.142. The van der Waals surface area contributed by atoms with Gasteiger partial charge in [0, 0.05) is 0 Å². The molecule has 0 unspecified atom stereocenters. The molecular formula is C15H15NO2. The molecule has 1 aromatic rings. The van der Waals surface area contributed by atoms with E-state index >= 15 is 0 Å².